The van der Waals surface area contributed by atoms with Crippen LogP contribution in [0.5, 0.6) is 0 Å². The number of aromatic nitrogens is 3. The number of hydrogen-bond donors (Lipinski definition) is 0. The summed E-state index contributed by atoms with van der Waals surface area (Å²) in [5.74, 6) is 0.565. The van der Waals surface area contributed by atoms with Crippen molar-refractivity contribution in [2.45, 2.75) is 26.3 Å². The lowest BCUT2D eigenvalue weighted by Gasteiger charge is -2.07. The highest BCUT2D eigenvalue weighted by molar-refractivity contribution is 5.25. The molecule has 2 rings (SSSR count). The third-order valence-corrected chi connectivity index (χ3v) is 2.41. The molecular formula is C12H15N3. The quantitative estimate of drug-likeness (QED) is 0.763. The van der Waals surface area contributed by atoms with E-state index in [9.17, 15) is 0 Å². The molecule has 1 aromatic carbocycles. The zero-order valence-corrected chi connectivity index (χ0v) is 9.09. The Labute approximate surface area is 89.7 Å². The van der Waals surface area contributed by atoms with Crippen molar-refractivity contribution in [3.8, 4) is 0 Å². The Morgan fingerprint density at radius 3 is 2.60 bits per heavy atom. The minimum Gasteiger partial charge on any atom is -0.180 e. The van der Waals surface area contributed by atoms with Crippen molar-refractivity contribution in [3.63, 3.8) is 0 Å². The Morgan fingerprint density at radius 2 is 1.93 bits per heavy atom. The van der Waals surface area contributed by atoms with Crippen LogP contribution in [-0.4, -0.2) is 15.0 Å². The molecule has 3 nitrogen and oxygen atoms in total. The second-order valence-corrected chi connectivity index (χ2v) is 3.96. The molecule has 78 valence electrons. The molecule has 0 bridgehead atoms. The summed E-state index contributed by atoms with van der Waals surface area (Å²) >= 11 is 0. The summed E-state index contributed by atoms with van der Waals surface area (Å²) in [6, 6.07) is 8.57. The van der Waals surface area contributed by atoms with Gasteiger partial charge in [-0.2, -0.15) is 15.0 Å². The first-order valence-corrected chi connectivity index (χ1v) is 5.18. The van der Waals surface area contributed by atoms with Gasteiger partial charge < -0.3 is 0 Å². The van der Waals surface area contributed by atoms with Crippen LogP contribution in [0.4, 0.5) is 0 Å². The highest BCUT2D eigenvalue weighted by Gasteiger charge is 2.01. The minimum absolute atomic E-state index is 0.565. The van der Waals surface area contributed by atoms with Gasteiger partial charge in [0.15, 0.2) is 0 Å². The van der Waals surface area contributed by atoms with E-state index in [2.05, 4.69) is 48.3 Å². The van der Waals surface area contributed by atoms with Crippen LogP contribution in [0.25, 0.3) is 0 Å². The summed E-state index contributed by atoms with van der Waals surface area (Å²) < 4.78 is 0. The average molecular weight is 201 g/mol. The lowest BCUT2D eigenvalue weighted by molar-refractivity contribution is 0.590. The van der Waals surface area contributed by atoms with Gasteiger partial charge in [0, 0.05) is 0 Å². The lowest BCUT2D eigenvalue weighted by Crippen LogP contribution is -2.03. The maximum Gasteiger partial charge on any atom is 0.0857 e. The van der Waals surface area contributed by atoms with Crippen molar-refractivity contribution in [3.05, 3.63) is 47.8 Å². The van der Waals surface area contributed by atoms with Gasteiger partial charge in [-0.05, 0) is 17.0 Å². The molecule has 0 aliphatic carbocycles. The first-order valence-electron chi connectivity index (χ1n) is 5.18. The molecule has 0 atom stereocenters. The number of rotatable bonds is 3. The monoisotopic (exact) mass is 201 g/mol. The minimum atomic E-state index is 0.565. The third kappa shape index (κ3) is 2.43. The summed E-state index contributed by atoms with van der Waals surface area (Å²) in [5.41, 5.74) is 2.61. The Hall–Kier alpha value is -1.64. The van der Waals surface area contributed by atoms with Crippen LogP contribution in [0.3, 0.4) is 0 Å². The first-order chi connectivity index (χ1) is 7.25. The van der Waals surface area contributed by atoms with Crippen LogP contribution in [0.1, 0.15) is 30.9 Å². The van der Waals surface area contributed by atoms with Crippen molar-refractivity contribution in [1.29, 1.82) is 0 Å². The fourth-order valence-corrected chi connectivity index (χ4v) is 1.54. The van der Waals surface area contributed by atoms with Crippen molar-refractivity contribution in [2.75, 3.05) is 0 Å². The molecule has 0 unspecified atom stereocenters. The molecule has 0 aliphatic rings. The second kappa shape index (κ2) is 4.26. The van der Waals surface area contributed by atoms with Crippen molar-refractivity contribution in [2.24, 2.45) is 0 Å². The number of nitrogens with zero attached hydrogens (tertiary/aromatic N) is 3. The summed E-state index contributed by atoms with van der Waals surface area (Å²) in [7, 11) is 0. The van der Waals surface area contributed by atoms with Gasteiger partial charge >= 0.3 is 0 Å². The van der Waals surface area contributed by atoms with E-state index < -0.39 is 0 Å². The maximum absolute atomic E-state index is 4.09. The van der Waals surface area contributed by atoms with E-state index in [1.54, 1.807) is 17.2 Å². The zero-order chi connectivity index (χ0) is 10.7. The average Bonchev–Trinajstić information content (AvgIpc) is 2.71. The third-order valence-electron chi connectivity index (χ3n) is 2.41. The summed E-state index contributed by atoms with van der Waals surface area (Å²) in [6.45, 7) is 5.14. The molecule has 0 radical (unpaired) electrons. The Balaban J connectivity index is 2.18. The molecule has 0 saturated carbocycles. The molecule has 0 aliphatic heterocycles. The van der Waals surface area contributed by atoms with E-state index in [-0.39, 0.29) is 0 Å². The predicted molar refractivity (Wildman–Crippen MR) is 59.7 cm³/mol. The van der Waals surface area contributed by atoms with Crippen molar-refractivity contribution < 1.29 is 0 Å². The van der Waals surface area contributed by atoms with Gasteiger partial charge in [-0.25, -0.2) is 0 Å². The predicted octanol–water partition coefficient (Wildman–Crippen LogP) is 2.45. The van der Waals surface area contributed by atoms with Gasteiger partial charge in [0.2, 0.25) is 0 Å². The van der Waals surface area contributed by atoms with Gasteiger partial charge in [0.25, 0.3) is 0 Å². The fraction of sp³-hybridized carbons (Fsp3) is 0.333. The lowest BCUT2D eigenvalue weighted by atomic mass is 10.0. The van der Waals surface area contributed by atoms with Crippen LogP contribution in [-0.2, 0) is 6.54 Å². The number of benzene rings is 1. The number of hydrogen-bond acceptors (Lipinski definition) is 2. The Kier molecular flexibility index (Phi) is 2.81. The van der Waals surface area contributed by atoms with Gasteiger partial charge in [-0.3, -0.25) is 0 Å². The molecule has 1 heterocycles. The SMILES string of the molecule is CC(C)c1cccc(Cn2nccn2)c1. The van der Waals surface area contributed by atoms with Crippen molar-refractivity contribution >= 4 is 0 Å². The summed E-state index contributed by atoms with van der Waals surface area (Å²) in [4.78, 5) is 1.69. The highest BCUT2D eigenvalue weighted by atomic mass is 15.5. The van der Waals surface area contributed by atoms with Gasteiger partial charge in [0.1, 0.15) is 0 Å². The summed E-state index contributed by atoms with van der Waals surface area (Å²) in [5, 5.41) is 8.18. The van der Waals surface area contributed by atoms with E-state index >= 15 is 0 Å². The molecule has 0 N–H and O–H groups in total. The largest absolute Gasteiger partial charge is 0.180 e. The van der Waals surface area contributed by atoms with E-state index in [0.29, 0.717) is 5.92 Å². The topological polar surface area (TPSA) is 30.7 Å². The molecule has 2 aromatic rings. The zero-order valence-electron chi connectivity index (χ0n) is 9.09. The Bertz CT molecular complexity index is 418. The van der Waals surface area contributed by atoms with Crippen molar-refractivity contribution in [1.82, 2.24) is 15.0 Å². The molecule has 3 heteroatoms. The second-order valence-electron chi connectivity index (χ2n) is 3.96. The van der Waals surface area contributed by atoms with E-state index in [1.165, 1.54) is 11.1 Å². The molecule has 0 spiro atoms. The van der Waals surface area contributed by atoms with Gasteiger partial charge in [-0.15, -0.1) is 0 Å². The van der Waals surface area contributed by atoms with Crippen LogP contribution in [0.15, 0.2) is 36.7 Å². The summed E-state index contributed by atoms with van der Waals surface area (Å²) in [6.07, 6.45) is 3.40. The molecule has 15 heavy (non-hydrogen) atoms. The van der Waals surface area contributed by atoms with E-state index in [4.69, 9.17) is 0 Å². The highest BCUT2D eigenvalue weighted by Crippen LogP contribution is 2.15. The standard InChI is InChI=1S/C12H15N3/c1-10(2)12-5-3-4-11(8-12)9-15-13-6-7-14-15/h3-8,10H,9H2,1-2H3. The van der Waals surface area contributed by atoms with Gasteiger partial charge in [-0.1, -0.05) is 38.1 Å². The Morgan fingerprint density at radius 1 is 1.20 bits per heavy atom. The van der Waals surface area contributed by atoms with E-state index in [0.717, 1.165) is 6.54 Å². The maximum atomic E-state index is 4.09. The van der Waals surface area contributed by atoms with E-state index in [1.807, 2.05) is 0 Å². The fourth-order valence-electron chi connectivity index (χ4n) is 1.54. The van der Waals surface area contributed by atoms with Crippen LogP contribution in [0, 0.1) is 0 Å². The molecule has 0 amide bonds. The molecule has 1 aromatic heterocycles. The molecule has 0 fully saturated rings. The van der Waals surface area contributed by atoms with Crippen LogP contribution >= 0.6 is 0 Å². The smallest absolute Gasteiger partial charge is 0.0857 e. The van der Waals surface area contributed by atoms with Crippen LogP contribution < -0.4 is 0 Å². The normalized spacial score (nSPS) is 10.9. The molecule has 0 saturated heterocycles. The molecular weight excluding hydrogens is 186 g/mol. The van der Waals surface area contributed by atoms with Crippen LogP contribution in [0.2, 0.25) is 0 Å². The van der Waals surface area contributed by atoms with Gasteiger partial charge in [0.05, 0.1) is 18.9 Å². The first kappa shape index (κ1) is 9.90.